The quantitative estimate of drug-likeness (QED) is 0.942. The lowest BCUT2D eigenvalue weighted by molar-refractivity contribution is -0.129. The number of amides is 1. The van der Waals surface area contributed by atoms with Gasteiger partial charge in [0.2, 0.25) is 5.91 Å². The van der Waals surface area contributed by atoms with Crippen molar-refractivity contribution in [3.05, 3.63) is 22.7 Å². The Hall–Kier alpha value is -1.14. The molecule has 1 aromatic carbocycles. The van der Waals surface area contributed by atoms with Gasteiger partial charge in [0.1, 0.15) is 6.04 Å². The van der Waals surface area contributed by atoms with Gasteiger partial charge in [-0.15, -0.1) is 0 Å². The van der Waals surface area contributed by atoms with Crippen LogP contribution in [0.1, 0.15) is 6.92 Å². The van der Waals surface area contributed by atoms with Crippen LogP contribution in [0, 0.1) is 0 Å². The lowest BCUT2D eigenvalue weighted by atomic mass is 10.3. The van der Waals surface area contributed by atoms with E-state index < -0.39 is 0 Å². The van der Waals surface area contributed by atoms with E-state index in [1.54, 1.807) is 30.3 Å². The van der Waals surface area contributed by atoms with Gasteiger partial charge in [0.05, 0.1) is 10.2 Å². The number of carbonyl (C=O) groups excluding carboxylic acids is 1. The Bertz CT molecular complexity index is 582. The molecule has 2 aromatic rings. The monoisotopic (exact) mass is 327 g/mol. The number of likely N-dealkylation sites (N-methyl/N-ethyl adjacent to an activating group) is 1. The number of nitrogens with one attached hydrogen (secondary N) is 1. The summed E-state index contributed by atoms with van der Waals surface area (Å²) in [5.41, 5.74) is 0.940. The van der Waals surface area contributed by atoms with Crippen LogP contribution in [0.15, 0.2) is 22.7 Å². The molecular formula is C12H14BrN3OS. The number of thiazole rings is 1. The summed E-state index contributed by atoms with van der Waals surface area (Å²) in [6.45, 7) is 1.84. The summed E-state index contributed by atoms with van der Waals surface area (Å²) in [7, 11) is 3.49. The minimum Gasteiger partial charge on any atom is -0.350 e. The SMILES string of the molecule is CC(Nc1nc2ccc(Br)cc2s1)C(=O)N(C)C. The van der Waals surface area contributed by atoms with Crippen molar-refractivity contribution in [1.82, 2.24) is 9.88 Å². The van der Waals surface area contributed by atoms with Crippen molar-refractivity contribution in [3.8, 4) is 0 Å². The van der Waals surface area contributed by atoms with Gasteiger partial charge in [-0.3, -0.25) is 4.79 Å². The molecule has 0 saturated heterocycles. The number of halogens is 1. The lowest BCUT2D eigenvalue weighted by Crippen LogP contribution is -2.36. The first kappa shape index (κ1) is 13.3. The van der Waals surface area contributed by atoms with E-state index in [1.807, 2.05) is 25.1 Å². The molecular weight excluding hydrogens is 314 g/mol. The maximum atomic E-state index is 11.7. The van der Waals surface area contributed by atoms with Crippen LogP contribution in [0.3, 0.4) is 0 Å². The van der Waals surface area contributed by atoms with Crippen LogP contribution in [0.2, 0.25) is 0 Å². The van der Waals surface area contributed by atoms with Gasteiger partial charge in [0.25, 0.3) is 0 Å². The maximum Gasteiger partial charge on any atom is 0.244 e. The Morgan fingerprint density at radius 2 is 2.22 bits per heavy atom. The minimum absolute atomic E-state index is 0.0374. The molecule has 1 unspecified atom stereocenters. The summed E-state index contributed by atoms with van der Waals surface area (Å²) in [5.74, 6) is 0.0374. The van der Waals surface area contributed by atoms with Crippen molar-refractivity contribution >= 4 is 48.5 Å². The molecule has 0 saturated carbocycles. The van der Waals surface area contributed by atoms with E-state index in [-0.39, 0.29) is 11.9 Å². The Kier molecular flexibility index (Phi) is 3.87. The minimum atomic E-state index is -0.274. The molecule has 0 bridgehead atoms. The number of rotatable bonds is 3. The van der Waals surface area contributed by atoms with Crippen molar-refractivity contribution in [1.29, 1.82) is 0 Å². The average Bonchev–Trinajstić information content (AvgIpc) is 2.68. The number of benzene rings is 1. The molecule has 1 amide bonds. The van der Waals surface area contributed by atoms with Gasteiger partial charge in [-0.1, -0.05) is 27.3 Å². The van der Waals surface area contributed by atoms with E-state index in [0.717, 1.165) is 19.8 Å². The van der Waals surface area contributed by atoms with Gasteiger partial charge in [0.15, 0.2) is 5.13 Å². The van der Waals surface area contributed by atoms with Crippen LogP contribution in [0.25, 0.3) is 10.2 Å². The highest BCUT2D eigenvalue weighted by Gasteiger charge is 2.16. The van der Waals surface area contributed by atoms with E-state index in [1.165, 1.54) is 0 Å². The molecule has 1 N–H and O–H groups in total. The van der Waals surface area contributed by atoms with Gasteiger partial charge in [-0.05, 0) is 25.1 Å². The third kappa shape index (κ3) is 2.81. The second-order valence-electron chi connectivity index (χ2n) is 4.23. The van der Waals surface area contributed by atoms with Crippen molar-refractivity contribution in [2.45, 2.75) is 13.0 Å². The number of anilines is 1. The van der Waals surface area contributed by atoms with Crippen LogP contribution in [-0.2, 0) is 4.79 Å². The first-order chi connectivity index (χ1) is 8.47. The largest absolute Gasteiger partial charge is 0.350 e. The number of aromatic nitrogens is 1. The molecule has 0 aliphatic carbocycles. The van der Waals surface area contributed by atoms with Gasteiger partial charge in [0, 0.05) is 18.6 Å². The zero-order valence-corrected chi connectivity index (χ0v) is 12.8. The highest BCUT2D eigenvalue weighted by Crippen LogP contribution is 2.28. The van der Waals surface area contributed by atoms with Crippen LogP contribution in [0.5, 0.6) is 0 Å². The molecule has 0 spiro atoms. The van der Waals surface area contributed by atoms with Gasteiger partial charge < -0.3 is 10.2 Å². The summed E-state index contributed by atoms with van der Waals surface area (Å²) in [6.07, 6.45) is 0. The van der Waals surface area contributed by atoms with Crippen LogP contribution in [-0.4, -0.2) is 35.9 Å². The highest BCUT2D eigenvalue weighted by molar-refractivity contribution is 9.10. The summed E-state index contributed by atoms with van der Waals surface area (Å²) < 4.78 is 2.12. The number of fused-ring (bicyclic) bond motifs is 1. The molecule has 6 heteroatoms. The normalized spacial score (nSPS) is 12.4. The zero-order valence-electron chi connectivity index (χ0n) is 10.4. The maximum absolute atomic E-state index is 11.7. The Labute approximate surface area is 118 Å². The summed E-state index contributed by atoms with van der Waals surface area (Å²) in [5, 5.41) is 3.90. The Balaban J connectivity index is 2.19. The van der Waals surface area contributed by atoms with Gasteiger partial charge >= 0.3 is 0 Å². The lowest BCUT2D eigenvalue weighted by Gasteiger charge is -2.17. The predicted octanol–water partition coefficient (Wildman–Crippen LogP) is 2.95. The van der Waals surface area contributed by atoms with E-state index >= 15 is 0 Å². The standard InChI is InChI=1S/C12H14BrN3OS/c1-7(11(17)16(2)3)14-12-15-9-5-4-8(13)6-10(9)18-12/h4-7H,1-3H3,(H,14,15). The second kappa shape index (κ2) is 5.24. The number of hydrogen-bond donors (Lipinski definition) is 1. The molecule has 1 atom stereocenters. The molecule has 0 aliphatic rings. The molecule has 0 radical (unpaired) electrons. The van der Waals surface area contributed by atoms with Crippen LogP contribution in [0.4, 0.5) is 5.13 Å². The third-order valence-electron chi connectivity index (χ3n) is 2.50. The third-order valence-corrected chi connectivity index (χ3v) is 3.94. The zero-order chi connectivity index (χ0) is 13.3. The number of hydrogen-bond acceptors (Lipinski definition) is 4. The first-order valence-electron chi connectivity index (χ1n) is 5.51. The Morgan fingerprint density at radius 1 is 1.50 bits per heavy atom. The van der Waals surface area contributed by atoms with E-state index in [0.29, 0.717) is 0 Å². The average molecular weight is 328 g/mol. The summed E-state index contributed by atoms with van der Waals surface area (Å²) >= 11 is 4.98. The number of nitrogens with zero attached hydrogens (tertiary/aromatic N) is 2. The molecule has 0 aliphatic heterocycles. The molecule has 0 fully saturated rings. The second-order valence-corrected chi connectivity index (χ2v) is 6.18. The van der Waals surface area contributed by atoms with Crippen molar-refractivity contribution in [2.75, 3.05) is 19.4 Å². The van der Waals surface area contributed by atoms with Crippen molar-refractivity contribution in [3.63, 3.8) is 0 Å². The molecule has 96 valence electrons. The van der Waals surface area contributed by atoms with Crippen molar-refractivity contribution < 1.29 is 4.79 Å². The fourth-order valence-corrected chi connectivity index (χ4v) is 3.10. The van der Waals surface area contributed by atoms with Crippen molar-refractivity contribution in [2.24, 2.45) is 0 Å². The fourth-order valence-electron chi connectivity index (χ4n) is 1.59. The fraction of sp³-hybridized carbons (Fsp3) is 0.333. The topological polar surface area (TPSA) is 45.2 Å². The molecule has 4 nitrogen and oxygen atoms in total. The predicted molar refractivity (Wildman–Crippen MR) is 79.1 cm³/mol. The molecule has 18 heavy (non-hydrogen) atoms. The van der Waals surface area contributed by atoms with E-state index in [2.05, 4.69) is 26.2 Å². The van der Waals surface area contributed by atoms with Crippen LogP contribution < -0.4 is 5.32 Å². The molecule has 1 aromatic heterocycles. The Morgan fingerprint density at radius 3 is 2.89 bits per heavy atom. The molecule has 1 heterocycles. The van der Waals surface area contributed by atoms with Gasteiger partial charge in [-0.25, -0.2) is 4.98 Å². The van der Waals surface area contributed by atoms with Crippen LogP contribution >= 0.6 is 27.3 Å². The van der Waals surface area contributed by atoms with E-state index in [4.69, 9.17) is 0 Å². The smallest absolute Gasteiger partial charge is 0.244 e. The number of carbonyl (C=O) groups is 1. The molecule has 2 rings (SSSR count). The summed E-state index contributed by atoms with van der Waals surface area (Å²) in [6, 6.07) is 5.67. The summed E-state index contributed by atoms with van der Waals surface area (Å²) in [4.78, 5) is 17.8. The first-order valence-corrected chi connectivity index (χ1v) is 7.12. The van der Waals surface area contributed by atoms with E-state index in [9.17, 15) is 4.79 Å². The van der Waals surface area contributed by atoms with Gasteiger partial charge in [-0.2, -0.15) is 0 Å². The highest BCUT2D eigenvalue weighted by atomic mass is 79.9.